The van der Waals surface area contributed by atoms with Gasteiger partial charge in [-0.15, -0.1) is 0 Å². The fourth-order valence-corrected chi connectivity index (χ4v) is 3.82. The van der Waals surface area contributed by atoms with Crippen molar-refractivity contribution in [3.8, 4) is 0 Å². The monoisotopic (exact) mass is 386 g/mol. The molecule has 0 saturated heterocycles. The minimum Gasteiger partial charge on any atom is -0.461 e. The van der Waals surface area contributed by atoms with Gasteiger partial charge in [0.25, 0.3) is 15.7 Å². The first kappa shape index (κ1) is 18.9. The Morgan fingerprint density at radius 1 is 1.36 bits per heavy atom. The SMILES string of the molecule is CCCCOC(=O)c1cccn1S(=O)(=O)c1cc(Cl)ccc1[N+](=O)[O-]. The summed E-state index contributed by atoms with van der Waals surface area (Å²) < 4.78 is 31.3. The Balaban J connectivity index is 2.49. The third-order valence-corrected chi connectivity index (χ3v) is 5.26. The van der Waals surface area contributed by atoms with Gasteiger partial charge in [0.2, 0.25) is 0 Å². The van der Waals surface area contributed by atoms with Gasteiger partial charge in [0.15, 0.2) is 4.90 Å². The van der Waals surface area contributed by atoms with Crippen LogP contribution in [0.15, 0.2) is 41.4 Å². The van der Waals surface area contributed by atoms with E-state index in [0.717, 1.165) is 24.8 Å². The molecule has 2 aromatic rings. The normalized spacial score (nSPS) is 11.3. The highest BCUT2D eigenvalue weighted by Crippen LogP contribution is 2.29. The Hall–Kier alpha value is -2.39. The highest BCUT2D eigenvalue weighted by Gasteiger charge is 2.30. The summed E-state index contributed by atoms with van der Waals surface area (Å²) >= 11 is 5.79. The van der Waals surface area contributed by atoms with Crippen molar-refractivity contribution in [2.75, 3.05) is 6.61 Å². The molecule has 0 N–H and O–H groups in total. The largest absolute Gasteiger partial charge is 0.461 e. The van der Waals surface area contributed by atoms with Crippen molar-refractivity contribution in [1.29, 1.82) is 0 Å². The Morgan fingerprint density at radius 2 is 2.08 bits per heavy atom. The van der Waals surface area contributed by atoms with Gasteiger partial charge in [-0.3, -0.25) is 10.1 Å². The molecule has 10 heteroatoms. The number of unbranched alkanes of at least 4 members (excludes halogenated alkanes) is 1. The molecule has 0 bridgehead atoms. The maximum atomic E-state index is 12.8. The van der Waals surface area contributed by atoms with Gasteiger partial charge in [-0.05, 0) is 30.7 Å². The number of aromatic nitrogens is 1. The number of ether oxygens (including phenoxy) is 1. The van der Waals surface area contributed by atoms with Crippen LogP contribution in [0.1, 0.15) is 30.3 Å². The third kappa shape index (κ3) is 3.99. The lowest BCUT2D eigenvalue weighted by Gasteiger charge is -2.11. The first-order valence-electron chi connectivity index (χ1n) is 7.33. The van der Waals surface area contributed by atoms with E-state index < -0.39 is 31.5 Å². The van der Waals surface area contributed by atoms with Crippen LogP contribution in [0.3, 0.4) is 0 Å². The first-order chi connectivity index (χ1) is 11.8. The number of esters is 1. The Morgan fingerprint density at radius 3 is 2.72 bits per heavy atom. The van der Waals surface area contributed by atoms with Crippen molar-refractivity contribution in [2.24, 2.45) is 0 Å². The number of nitro groups is 1. The molecule has 8 nitrogen and oxygen atoms in total. The third-order valence-electron chi connectivity index (χ3n) is 3.31. The fraction of sp³-hybridized carbons (Fsp3) is 0.267. The number of carbonyl (C=O) groups excluding carboxylic acids is 1. The topological polar surface area (TPSA) is 109 Å². The smallest absolute Gasteiger partial charge is 0.356 e. The molecule has 0 spiro atoms. The Labute approximate surface area is 149 Å². The predicted octanol–water partition coefficient (Wildman–Crippen LogP) is 3.24. The number of benzene rings is 1. The van der Waals surface area contributed by atoms with E-state index in [9.17, 15) is 23.3 Å². The number of hydrogen-bond donors (Lipinski definition) is 0. The maximum Gasteiger partial charge on any atom is 0.356 e. The minimum atomic E-state index is -4.41. The van der Waals surface area contributed by atoms with Crippen molar-refractivity contribution in [1.82, 2.24) is 3.97 Å². The van der Waals surface area contributed by atoms with Crippen LogP contribution in [-0.4, -0.2) is 29.9 Å². The summed E-state index contributed by atoms with van der Waals surface area (Å²) in [6.07, 6.45) is 2.57. The first-order valence-corrected chi connectivity index (χ1v) is 9.15. The highest BCUT2D eigenvalue weighted by molar-refractivity contribution is 7.90. The van der Waals surface area contributed by atoms with Crippen molar-refractivity contribution in [2.45, 2.75) is 24.7 Å². The zero-order chi connectivity index (χ0) is 18.6. The van der Waals surface area contributed by atoms with Crippen LogP contribution in [0.4, 0.5) is 5.69 Å². The van der Waals surface area contributed by atoms with Crippen LogP contribution in [0, 0.1) is 10.1 Å². The van der Waals surface area contributed by atoms with Gasteiger partial charge >= 0.3 is 5.97 Å². The summed E-state index contributed by atoms with van der Waals surface area (Å²) in [5.74, 6) is -0.827. The predicted molar refractivity (Wildman–Crippen MR) is 90.3 cm³/mol. The molecular weight excluding hydrogens is 372 g/mol. The van der Waals surface area contributed by atoms with E-state index >= 15 is 0 Å². The highest BCUT2D eigenvalue weighted by atomic mass is 35.5. The van der Waals surface area contributed by atoms with Crippen LogP contribution in [0.25, 0.3) is 0 Å². The molecule has 2 rings (SSSR count). The van der Waals surface area contributed by atoms with E-state index in [-0.39, 0.29) is 17.3 Å². The zero-order valence-electron chi connectivity index (χ0n) is 13.2. The van der Waals surface area contributed by atoms with Crippen LogP contribution in [-0.2, 0) is 14.8 Å². The lowest BCUT2D eigenvalue weighted by Crippen LogP contribution is -2.20. The summed E-state index contributed by atoms with van der Waals surface area (Å²) in [6.45, 7) is 2.07. The molecule has 0 aliphatic heterocycles. The molecule has 25 heavy (non-hydrogen) atoms. The molecular formula is C15H15ClN2O6S. The van der Waals surface area contributed by atoms with Gasteiger partial charge < -0.3 is 4.74 Å². The molecule has 1 heterocycles. The van der Waals surface area contributed by atoms with Crippen LogP contribution in [0.5, 0.6) is 0 Å². The van der Waals surface area contributed by atoms with Crippen molar-refractivity contribution in [3.63, 3.8) is 0 Å². The molecule has 1 aromatic heterocycles. The molecule has 0 aliphatic rings. The van der Waals surface area contributed by atoms with E-state index in [4.69, 9.17) is 16.3 Å². The molecule has 0 fully saturated rings. The second kappa shape index (κ2) is 7.66. The maximum absolute atomic E-state index is 12.8. The van der Waals surface area contributed by atoms with Gasteiger partial charge in [0, 0.05) is 17.3 Å². The fourth-order valence-electron chi connectivity index (χ4n) is 2.07. The summed E-state index contributed by atoms with van der Waals surface area (Å²) in [5.41, 5.74) is -0.881. The second-order valence-electron chi connectivity index (χ2n) is 5.05. The number of hydrogen-bond acceptors (Lipinski definition) is 6. The van der Waals surface area contributed by atoms with Crippen molar-refractivity contribution in [3.05, 3.63) is 57.4 Å². The summed E-state index contributed by atoms with van der Waals surface area (Å²) in [5, 5.41) is 11.2. The summed E-state index contributed by atoms with van der Waals surface area (Å²) in [4.78, 5) is 21.8. The van der Waals surface area contributed by atoms with E-state index in [1.807, 2.05) is 6.92 Å². The van der Waals surface area contributed by atoms with E-state index in [2.05, 4.69) is 0 Å². The molecule has 0 amide bonds. The lowest BCUT2D eigenvalue weighted by molar-refractivity contribution is -0.387. The number of carbonyl (C=O) groups is 1. The summed E-state index contributed by atoms with van der Waals surface area (Å²) in [6, 6.07) is 5.79. The van der Waals surface area contributed by atoms with Gasteiger partial charge in [-0.2, -0.15) is 0 Å². The lowest BCUT2D eigenvalue weighted by atomic mass is 10.3. The molecule has 0 aliphatic carbocycles. The average molecular weight is 387 g/mol. The van der Waals surface area contributed by atoms with Gasteiger partial charge in [-0.1, -0.05) is 24.9 Å². The molecule has 0 saturated carbocycles. The average Bonchev–Trinajstić information content (AvgIpc) is 3.05. The molecule has 0 atom stereocenters. The van der Waals surface area contributed by atoms with Crippen LogP contribution in [0.2, 0.25) is 5.02 Å². The minimum absolute atomic E-state index is 0.0170. The van der Waals surface area contributed by atoms with Crippen molar-refractivity contribution >= 4 is 33.3 Å². The van der Waals surface area contributed by atoms with E-state index in [0.29, 0.717) is 10.4 Å². The van der Waals surface area contributed by atoms with E-state index in [1.165, 1.54) is 18.2 Å². The molecule has 0 unspecified atom stereocenters. The summed E-state index contributed by atoms with van der Waals surface area (Å²) in [7, 11) is -4.41. The number of rotatable bonds is 7. The quantitative estimate of drug-likeness (QED) is 0.313. The number of nitrogens with zero attached hydrogens (tertiary/aromatic N) is 2. The molecule has 0 radical (unpaired) electrons. The van der Waals surface area contributed by atoms with Crippen LogP contribution >= 0.6 is 11.6 Å². The standard InChI is InChI=1S/C15H15ClN2O6S/c1-2-3-9-24-15(19)13-5-4-8-17(13)25(22,23)14-10-11(16)6-7-12(14)18(20)21/h4-8,10H,2-3,9H2,1H3. The Bertz CT molecular complexity index is 906. The van der Waals surface area contributed by atoms with Crippen molar-refractivity contribution < 1.29 is 22.9 Å². The van der Waals surface area contributed by atoms with Gasteiger partial charge in [0.05, 0.1) is 11.5 Å². The van der Waals surface area contributed by atoms with Crippen LogP contribution < -0.4 is 0 Å². The number of nitro benzene ring substituents is 1. The zero-order valence-corrected chi connectivity index (χ0v) is 14.8. The Kier molecular flexibility index (Phi) is 5.81. The number of halogens is 1. The van der Waals surface area contributed by atoms with E-state index in [1.54, 1.807) is 0 Å². The second-order valence-corrected chi connectivity index (χ2v) is 7.27. The molecule has 134 valence electrons. The van der Waals surface area contributed by atoms with Gasteiger partial charge in [0.1, 0.15) is 5.69 Å². The molecule has 1 aromatic carbocycles. The van der Waals surface area contributed by atoms with Gasteiger partial charge in [-0.25, -0.2) is 17.2 Å².